The van der Waals surface area contributed by atoms with Gasteiger partial charge in [-0.3, -0.25) is 4.68 Å². The van der Waals surface area contributed by atoms with E-state index in [9.17, 15) is 0 Å². The molecule has 4 heteroatoms. The molecule has 0 atom stereocenters. The Hall–Kier alpha value is -2.10. The lowest BCUT2D eigenvalue weighted by Gasteiger charge is -2.31. The highest BCUT2D eigenvalue weighted by Gasteiger charge is 2.23. The predicted octanol–water partition coefficient (Wildman–Crippen LogP) is 5.16. The van der Waals surface area contributed by atoms with Crippen molar-refractivity contribution in [2.45, 2.75) is 25.2 Å². The maximum Gasteiger partial charge on any atom is 0.0681 e. The summed E-state index contributed by atoms with van der Waals surface area (Å²) >= 11 is 6.02. The van der Waals surface area contributed by atoms with E-state index >= 15 is 0 Å². The number of nitrogens with zero attached hydrogens (tertiary/aromatic N) is 3. The number of halogens is 1. The molecule has 2 heterocycles. The molecule has 1 saturated heterocycles. The van der Waals surface area contributed by atoms with E-state index < -0.39 is 0 Å². The molecule has 3 aromatic rings. The second kappa shape index (κ2) is 8.28. The molecule has 1 fully saturated rings. The van der Waals surface area contributed by atoms with E-state index in [2.05, 4.69) is 53.4 Å². The van der Waals surface area contributed by atoms with Gasteiger partial charge in [0.25, 0.3) is 0 Å². The Bertz CT molecular complexity index is 862. The zero-order valence-corrected chi connectivity index (χ0v) is 16.6. The summed E-state index contributed by atoms with van der Waals surface area (Å²) in [6, 6.07) is 21.0. The zero-order valence-electron chi connectivity index (χ0n) is 15.8. The highest BCUT2D eigenvalue weighted by Crippen LogP contribution is 2.30. The number of benzene rings is 2. The number of hydrogen-bond donors (Lipinski definition) is 0. The van der Waals surface area contributed by atoms with Crippen molar-refractivity contribution >= 4 is 11.6 Å². The van der Waals surface area contributed by atoms with Crippen molar-refractivity contribution in [1.29, 1.82) is 0 Å². The first-order valence-corrected chi connectivity index (χ1v) is 10.1. The normalized spacial score (nSPS) is 15.9. The standard InChI is InChI=1S/C23H26ClN3/c1-26-23(20-7-9-21(24)10-8-20)17-22(25-26)19-12-15-27(16-13-19)14-11-18-5-3-2-4-6-18/h2-10,17,19H,11-16H2,1H3. The molecular formula is C23H26ClN3. The third-order valence-corrected chi connectivity index (χ3v) is 5.86. The highest BCUT2D eigenvalue weighted by molar-refractivity contribution is 6.30. The Morgan fingerprint density at radius 1 is 1.00 bits per heavy atom. The van der Waals surface area contributed by atoms with Gasteiger partial charge in [0.15, 0.2) is 0 Å². The summed E-state index contributed by atoms with van der Waals surface area (Å²) in [6.07, 6.45) is 3.51. The van der Waals surface area contributed by atoms with Crippen molar-refractivity contribution in [3.8, 4) is 11.3 Å². The third-order valence-electron chi connectivity index (χ3n) is 5.60. The summed E-state index contributed by atoms with van der Waals surface area (Å²) in [7, 11) is 2.03. The van der Waals surface area contributed by atoms with Crippen molar-refractivity contribution < 1.29 is 0 Å². The fourth-order valence-corrected chi connectivity index (χ4v) is 4.09. The molecule has 1 aliphatic heterocycles. The molecule has 0 aliphatic carbocycles. The van der Waals surface area contributed by atoms with E-state index in [0.717, 1.165) is 36.8 Å². The van der Waals surface area contributed by atoms with Gasteiger partial charge in [-0.15, -0.1) is 0 Å². The van der Waals surface area contributed by atoms with Crippen molar-refractivity contribution in [2.75, 3.05) is 19.6 Å². The maximum absolute atomic E-state index is 6.02. The van der Waals surface area contributed by atoms with Crippen LogP contribution >= 0.6 is 11.6 Å². The third kappa shape index (κ3) is 4.42. The molecule has 0 amide bonds. The van der Waals surface area contributed by atoms with Gasteiger partial charge in [0.2, 0.25) is 0 Å². The summed E-state index contributed by atoms with van der Waals surface area (Å²) < 4.78 is 2.00. The van der Waals surface area contributed by atoms with Crippen LogP contribution in [0.1, 0.15) is 30.0 Å². The van der Waals surface area contributed by atoms with Crippen LogP contribution in [-0.4, -0.2) is 34.3 Å². The van der Waals surface area contributed by atoms with Crippen molar-refractivity contribution in [3.63, 3.8) is 0 Å². The number of piperidine rings is 1. The SMILES string of the molecule is Cn1nc(C2CCN(CCc3ccccc3)CC2)cc1-c1ccc(Cl)cc1. The van der Waals surface area contributed by atoms with E-state index in [1.165, 1.54) is 29.7 Å². The molecule has 27 heavy (non-hydrogen) atoms. The van der Waals surface area contributed by atoms with Crippen LogP contribution in [0.2, 0.25) is 5.02 Å². The first-order valence-electron chi connectivity index (χ1n) is 9.75. The lowest BCUT2D eigenvalue weighted by Crippen LogP contribution is -2.34. The Balaban J connectivity index is 1.36. The summed E-state index contributed by atoms with van der Waals surface area (Å²) in [5, 5.41) is 5.58. The number of aromatic nitrogens is 2. The molecule has 2 aromatic carbocycles. The minimum atomic E-state index is 0.560. The summed E-state index contributed by atoms with van der Waals surface area (Å²) in [4.78, 5) is 2.59. The molecule has 4 rings (SSSR count). The first kappa shape index (κ1) is 18.3. The van der Waals surface area contributed by atoms with E-state index in [1.807, 2.05) is 23.9 Å². The molecule has 0 saturated carbocycles. The van der Waals surface area contributed by atoms with Gasteiger partial charge < -0.3 is 4.90 Å². The predicted molar refractivity (Wildman–Crippen MR) is 112 cm³/mol. The Kier molecular flexibility index (Phi) is 5.61. The molecule has 0 radical (unpaired) electrons. The van der Waals surface area contributed by atoms with Crippen LogP contribution in [0.3, 0.4) is 0 Å². The second-order valence-corrected chi connectivity index (χ2v) is 7.87. The zero-order chi connectivity index (χ0) is 18.6. The molecule has 0 unspecified atom stereocenters. The molecule has 1 aromatic heterocycles. The molecule has 0 N–H and O–H groups in total. The minimum absolute atomic E-state index is 0.560. The second-order valence-electron chi connectivity index (χ2n) is 7.44. The van der Waals surface area contributed by atoms with Crippen LogP contribution in [0.4, 0.5) is 0 Å². The van der Waals surface area contributed by atoms with Crippen LogP contribution < -0.4 is 0 Å². The molecule has 0 bridgehead atoms. The number of hydrogen-bond acceptors (Lipinski definition) is 2. The van der Waals surface area contributed by atoms with Crippen molar-refractivity contribution in [3.05, 3.63) is 76.9 Å². The number of rotatable bonds is 5. The molecule has 140 valence electrons. The monoisotopic (exact) mass is 379 g/mol. The van der Waals surface area contributed by atoms with Crippen LogP contribution in [0.15, 0.2) is 60.7 Å². The van der Waals surface area contributed by atoms with Gasteiger partial charge in [0, 0.05) is 24.5 Å². The average Bonchev–Trinajstić information content (AvgIpc) is 3.10. The largest absolute Gasteiger partial charge is 0.303 e. The lowest BCUT2D eigenvalue weighted by atomic mass is 9.93. The van der Waals surface area contributed by atoms with Crippen LogP contribution in [-0.2, 0) is 13.5 Å². The maximum atomic E-state index is 6.02. The van der Waals surface area contributed by atoms with Gasteiger partial charge in [-0.2, -0.15) is 5.10 Å². The van der Waals surface area contributed by atoms with Crippen LogP contribution in [0, 0.1) is 0 Å². The van der Waals surface area contributed by atoms with Crippen LogP contribution in [0.25, 0.3) is 11.3 Å². The van der Waals surface area contributed by atoms with Gasteiger partial charge in [-0.05, 0) is 61.7 Å². The number of likely N-dealkylation sites (tertiary alicyclic amines) is 1. The number of aryl methyl sites for hydroxylation is 1. The smallest absolute Gasteiger partial charge is 0.0681 e. The average molecular weight is 380 g/mol. The van der Waals surface area contributed by atoms with Crippen molar-refractivity contribution in [1.82, 2.24) is 14.7 Å². The quantitative estimate of drug-likeness (QED) is 0.610. The topological polar surface area (TPSA) is 21.1 Å². The van der Waals surface area contributed by atoms with Gasteiger partial charge in [-0.25, -0.2) is 0 Å². The molecule has 3 nitrogen and oxygen atoms in total. The summed E-state index contributed by atoms with van der Waals surface area (Å²) in [6.45, 7) is 3.46. The van der Waals surface area contributed by atoms with E-state index in [0.29, 0.717) is 5.92 Å². The fourth-order valence-electron chi connectivity index (χ4n) is 3.96. The lowest BCUT2D eigenvalue weighted by molar-refractivity contribution is 0.213. The van der Waals surface area contributed by atoms with E-state index in [4.69, 9.17) is 16.7 Å². The van der Waals surface area contributed by atoms with Gasteiger partial charge in [0.05, 0.1) is 11.4 Å². The van der Waals surface area contributed by atoms with Crippen LogP contribution in [0.5, 0.6) is 0 Å². The summed E-state index contributed by atoms with van der Waals surface area (Å²) in [5.41, 5.74) is 4.98. The molecule has 0 spiro atoms. The van der Waals surface area contributed by atoms with Gasteiger partial charge in [0.1, 0.15) is 0 Å². The molecular weight excluding hydrogens is 354 g/mol. The summed E-state index contributed by atoms with van der Waals surface area (Å²) in [5.74, 6) is 0.560. The van der Waals surface area contributed by atoms with Gasteiger partial charge >= 0.3 is 0 Å². The van der Waals surface area contributed by atoms with Gasteiger partial charge in [-0.1, -0.05) is 54.1 Å². The highest BCUT2D eigenvalue weighted by atomic mass is 35.5. The first-order chi connectivity index (χ1) is 13.2. The van der Waals surface area contributed by atoms with E-state index in [1.54, 1.807) is 0 Å². The molecule has 1 aliphatic rings. The Labute approximate surface area is 166 Å². The minimum Gasteiger partial charge on any atom is -0.303 e. The Morgan fingerprint density at radius 3 is 2.41 bits per heavy atom. The fraction of sp³-hybridized carbons (Fsp3) is 0.348. The van der Waals surface area contributed by atoms with E-state index in [-0.39, 0.29) is 0 Å². The van der Waals surface area contributed by atoms with Crippen molar-refractivity contribution in [2.24, 2.45) is 7.05 Å². The Morgan fingerprint density at radius 2 is 1.70 bits per heavy atom.